The predicted molar refractivity (Wildman–Crippen MR) is 148 cm³/mol. The van der Waals surface area contributed by atoms with Gasteiger partial charge in [-0.05, 0) is 64.1 Å². The van der Waals surface area contributed by atoms with Crippen LogP contribution in [0.5, 0.6) is 0 Å². The molecule has 0 aliphatic carbocycles. The molecule has 1 aromatic heterocycles. The molecule has 0 amide bonds. The second-order valence-corrected chi connectivity index (χ2v) is 9.37. The van der Waals surface area contributed by atoms with Crippen molar-refractivity contribution in [1.29, 1.82) is 0 Å². The predicted octanol–water partition coefficient (Wildman–Crippen LogP) is 9.79. The highest BCUT2D eigenvalue weighted by Gasteiger charge is 2.08. The third-order valence-electron chi connectivity index (χ3n) is 6.66. The third-order valence-corrected chi connectivity index (χ3v) is 6.66. The zero-order valence-electron chi connectivity index (χ0n) is 20.0. The fourth-order valence-electron chi connectivity index (χ4n) is 4.65. The van der Waals surface area contributed by atoms with Crippen molar-refractivity contribution in [1.82, 2.24) is 0 Å². The third kappa shape index (κ3) is 4.20. The van der Waals surface area contributed by atoms with Crippen molar-refractivity contribution in [3.63, 3.8) is 0 Å². The van der Waals surface area contributed by atoms with Crippen LogP contribution in [0.2, 0.25) is 0 Å². The molecule has 6 rings (SSSR count). The van der Waals surface area contributed by atoms with Crippen molar-refractivity contribution >= 4 is 33.3 Å². The Morgan fingerprint density at radius 2 is 1.14 bits per heavy atom. The summed E-state index contributed by atoms with van der Waals surface area (Å²) in [6.07, 6.45) is 0. The van der Waals surface area contributed by atoms with Crippen LogP contribution < -0.4 is 5.32 Å². The van der Waals surface area contributed by atoms with Crippen LogP contribution in [0.3, 0.4) is 0 Å². The lowest BCUT2D eigenvalue weighted by atomic mass is 9.96. The second kappa shape index (κ2) is 8.81. The summed E-state index contributed by atoms with van der Waals surface area (Å²) >= 11 is 0. The minimum absolute atomic E-state index is 0.530. The van der Waals surface area contributed by atoms with Crippen LogP contribution in [0.15, 0.2) is 120 Å². The van der Waals surface area contributed by atoms with Crippen LogP contribution in [0.25, 0.3) is 44.2 Å². The van der Waals surface area contributed by atoms with E-state index >= 15 is 0 Å². The van der Waals surface area contributed by atoms with E-state index in [4.69, 9.17) is 4.42 Å². The number of nitrogens with one attached hydrogen (secondary N) is 1. The van der Waals surface area contributed by atoms with Gasteiger partial charge in [0.05, 0.1) is 0 Å². The van der Waals surface area contributed by atoms with E-state index < -0.39 is 0 Å². The lowest BCUT2D eigenvalue weighted by Gasteiger charge is -2.10. The molecule has 2 nitrogen and oxygen atoms in total. The van der Waals surface area contributed by atoms with Crippen molar-refractivity contribution < 1.29 is 4.42 Å². The van der Waals surface area contributed by atoms with Gasteiger partial charge in [-0.2, -0.15) is 0 Å². The van der Waals surface area contributed by atoms with E-state index in [-0.39, 0.29) is 0 Å². The molecule has 0 spiro atoms. The van der Waals surface area contributed by atoms with Gasteiger partial charge in [0.25, 0.3) is 0 Å². The Morgan fingerprint density at radius 3 is 1.89 bits per heavy atom. The average molecular weight is 454 g/mol. The van der Waals surface area contributed by atoms with Gasteiger partial charge in [-0.1, -0.05) is 92.7 Å². The maximum absolute atomic E-state index is 6.03. The summed E-state index contributed by atoms with van der Waals surface area (Å²) in [5, 5.41) is 5.79. The van der Waals surface area contributed by atoms with E-state index in [0.29, 0.717) is 5.92 Å². The first-order chi connectivity index (χ1) is 17.1. The molecule has 0 aliphatic heterocycles. The SMILES string of the molecule is CC(C)c1cccc(-c2ccc(-c3ccc(Nc4ccc5c(c4)oc4ccccc45)cc3)cc2)c1. The van der Waals surface area contributed by atoms with E-state index in [1.165, 1.54) is 27.8 Å². The maximum Gasteiger partial charge on any atom is 0.137 e. The number of furan rings is 1. The molecule has 0 atom stereocenters. The van der Waals surface area contributed by atoms with Gasteiger partial charge in [0.15, 0.2) is 0 Å². The summed E-state index contributed by atoms with van der Waals surface area (Å²) in [5.41, 5.74) is 10.2. The van der Waals surface area contributed by atoms with Crippen molar-refractivity contribution in [3.05, 3.63) is 121 Å². The van der Waals surface area contributed by atoms with E-state index in [2.05, 4.69) is 116 Å². The quantitative estimate of drug-likeness (QED) is 0.281. The number of hydrogen-bond donors (Lipinski definition) is 1. The Bertz CT molecular complexity index is 1620. The zero-order valence-corrected chi connectivity index (χ0v) is 20.0. The smallest absolute Gasteiger partial charge is 0.137 e. The molecular weight excluding hydrogens is 426 g/mol. The molecule has 0 saturated carbocycles. The largest absolute Gasteiger partial charge is 0.456 e. The van der Waals surface area contributed by atoms with E-state index in [1.54, 1.807) is 0 Å². The zero-order chi connectivity index (χ0) is 23.8. The molecule has 35 heavy (non-hydrogen) atoms. The van der Waals surface area contributed by atoms with E-state index in [1.807, 2.05) is 18.2 Å². The highest BCUT2D eigenvalue weighted by Crippen LogP contribution is 2.32. The number of anilines is 2. The molecule has 0 radical (unpaired) electrons. The minimum atomic E-state index is 0.530. The van der Waals surface area contributed by atoms with Crippen LogP contribution in [-0.4, -0.2) is 0 Å². The Morgan fingerprint density at radius 1 is 0.514 bits per heavy atom. The molecule has 1 N–H and O–H groups in total. The van der Waals surface area contributed by atoms with E-state index in [9.17, 15) is 0 Å². The lowest BCUT2D eigenvalue weighted by Crippen LogP contribution is -1.90. The van der Waals surface area contributed by atoms with Gasteiger partial charge >= 0.3 is 0 Å². The first-order valence-corrected chi connectivity index (χ1v) is 12.1. The number of para-hydroxylation sites is 1. The molecule has 170 valence electrons. The Hall–Kier alpha value is -4.30. The lowest BCUT2D eigenvalue weighted by molar-refractivity contribution is 0.669. The fraction of sp³-hybridized carbons (Fsp3) is 0.0909. The number of benzene rings is 5. The fourth-order valence-corrected chi connectivity index (χ4v) is 4.65. The molecule has 5 aromatic carbocycles. The summed E-state index contributed by atoms with van der Waals surface area (Å²) < 4.78 is 6.03. The van der Waals surface area contributed by atoms with Gasteiger partial charge in [-0.3, -0.25) is 0 Å². The van der Waals surface area contributed by atoms with Gasteiger partial charge in [0, 0.05) is 28.2 Å². The minimum Gasteiger partial charge on any atom is -0.456 e. The van der Waals surface area contributed by atoms with Crippen LogP contribution in [0.4, 0.5) is 11.4 Å². The number of hydrogen-bond acceptors (Lipinski definition) is 2. The molecule has 0 bridgehead atoms. The second-order valence-electron chi connectivity index (χ2n) is 9.37. The summed E-state index contributed by atoms with van der Waals surface area (Å²) in [6, 6.07) is 40.7. The van der Waals surface area contributed by atoms with Crippen molar-refractivity contribution in [2.45, 2.75) is 19.8 Å². The summed E-state index contributed by atoms with van der Waals surface area (Å²) in [4.78, 5) is 0. The Kier molecular flexibility index (Phi) is 5.35. The van der Waals surface area contributed by atoms with Crippen LogP contribution in [0, 0.1) is 0 Å². The van der Waals surface area contributed by atoms with Crippen molar-refractivity contribution in [3.8, 4) is 22.3 Å². The average Bonchev–Trinajstić information content (AvgIpc) is 3.27. The molecule has 2 heteroatoms. The van der Waals surface area contributed by atoms with Crippen LogP contribution in [-0.2, 0) is 0 Å². The highest BCUT2D eigenvalue weighted by atomic mass is 16.3. The number of fused-ring (bicyclic) bond motifs is 3. The molecule has 0 unspecified atom stereocenters. The van der Waals surface area contributed by atoms with E-state index in [0.717, 1.165) is 33.3 Å². The van der Waals surface area contributed by atoms with Gasteiger partial charge in [0.1, 0.15) is 11.2 Å². The van der Waals surface area contributed by atoms with Crippen LogP contribution >= 0.6 is 0 Å². The van der Waals surface area contributed by atoms with Gasteiger partial charge in [-0.25, -0.2) is 0 Å². The molecule has 0 saturated heterocycles. The maximum atomic E-state index is 6.03. The van der Waals surface area contributed by atoms with Crippen LogP contribution in [0.1, 0.15) is 25.3 Å². The molecule has 1 heterocycles. The van der Waals surface area contributed by atoms with Gasteiger partial charge in [-0.15, -0.1) is 0 Å². The monoisotopic (exact) mass is 453 g/mol. The Balaban J connectivity index is 1.20. The Labute approximate surface area is 205 Å². The molecule has 6 aromatic rings. The molecular formula is C33H27NO. The topological polar surface area (TPSA) is 25.2 Å². The summed E-state index contributed by atoms with van der Waals surface area (Å²) in [7, 11) is 0. The van der Waals surface area contributed by atoms with Gasteiger partial charge in [0.2, 0.25) is 0 Å². The number of rotatable bonds is 5. The molecule has 0 fully saturated rings. The highest BCUT2D eigenvalue weighted by molar-refractivity contribution is 6.05. The summed E-state index contributed by atoms with van der Waals surface area (Å²) in [5.74, 6) is 0.530. The standard InChI is InChI=1S/C33H27NO/c1-22(2)26-6-5-7-27(20-26)25-12-10-23(11-13-25)24-14-16-28(17-15-24)34-29-18-19-31-30-8-3-4-9-32(30)35-33(31)21-29/h3-22,34H,1-2H3. The van der Waals surface area contributed by atoms with Crippen molar-refractivity contribution in [2.24, 2.45) is 0 Å². The van der Waals surface area contributed by atoms with Gasteiger partial charge < -0.3 is 9.73 Å². The first-order valence-electron chi connectivity index (χ1n) is 12.1. The summed E-state index contributed by atoms with van der Waals surface area (Å²) in [6.45, 7) is 4.47. The molecule has 0 aliphatic rings. The first kappa shape index (κ1) is 21.2. The normalized spacial score (nSPS) is 11.4. The van der Waals surface area contributed by atoms with Crippen molar-refractivity contribution in [2.75, 3.05) is 5.32 Å².